The molecule has 27 heavy (non-hydrogen) atoms. The van der Waals surface area contributed by atoms with Crippen molar-refractivity contribution < 1.29 is 4.79 Å². The lowest BCUT2D eigenvalue weighted by atomic mass is 9.97. The van der Waals surface area contributed by atoms with Crippen LogP contribution in [0.2, 0.25) is 0 Å². The molecule has 5 heteroatoms. The number of benzene rings is 2. The molecule has 5 nitrogen and oxygen atoms in total. The van der Waals surface area contributed by atoms with Crippen LogP contribution in [0.4, 0.5) is 5.95 Å². The number of carbonyl (C=O) groups is 1. The van der Waals surface area contributed by atoms with Crippen LogP contribution < -0.4 is 10.2 Å². The van der Waals surface area contributed by atoms with Gasteiger partial charge in [0.05, 0.1) is 17.0 Å². The number of aromatic amines is 1. The molecule has 2 N–H and O–H groups in total. The van der Waals surface area contributed by atoms with Crippen LogP contribution in [-0.4, -0.2) is 35.5 Å². The molecule has 0 bridgehead atoms. The molecular weight excluding hydrogens is 336 g/mol. The van der Waals surface area contributed by atoms with Gasteiger partial charge in [0.1, 0.15) is 0 Å². The molecule has 1 aromatic heterocycles. The molecule has 0 saturated carbocycles. The molecule has 0 spiro atoms. The van der Waals surface area contributed by atoms with E-state index in [9.17, 15) is 4.79 Å². The van der Waals surface area contributed by atoms with Crippen LogP contribution in [0.25, 0.3) is 11.0 Å². The fraction of sp³-hybridized carbons (Fsp3) is 0.364. The number of nitrogens with one attached hydrogen (secondary N) is 2. The van der Waals surface area contributed by atoms with Gasteiger partial charge in [-0.15, -0.1) is 0 Å². The number of amides is 1. The van der Waals surface area contributed by atoms with Gasteiger partial charge in [0.15, 0.2) is 0 Å². The van der Waals surface area contributed by atoms with Crippen LogP contribution in [0.5, 0.6) is 0 Å². The average molecular weight is 362 g/mol. The Morgan fingerprint density at radius 2 is 1.96 bits per heavy atom. The predicted octanol–water partition coefficient (Wildman–Crippen LogP) is 3.53. The van der Waals surface area contributed by atoms with E-state index in [1.807, 2.05) is 30.3 Å². The minimum absolute atomic E-state index is 0.0312. The molecule has 3 aromatic rings. The summed E-state index contributed by atoms with van der Waals surface area (Å²) >= 11 is 0. The number of hydrogen-bond donors (Lipinski definition) is 2. The first-order chi connectivity index (χ1) is 13.3. The number of para-hydroxylation sites is 2. The van der Waals surface area contributed by atoms with E-state index in [0.29, 0.717) is 0 Å². The molecule has 1 aliphatic rings. The summed E-state index contributed by atoms with van der Waals surface area (Å²) in [6.45, 7) is 2.40. The molecule has 1 amide bonds. The summed E-state index contributed by atoms with van der Waals surface area (Å²) in [4.78, 5) is 22.9. The summed E-state index contributed by atoms with van der Waals surface area (Å²) in [5.41, 5.74) is 3.33. The van der Waals surface area contributed by atoms with Crippen molar-refractivity contribution in [2.24, 2.45) is 5.92 Å². The fourth-order valence-electron chi connectivity index (χ4n) is 3.77. The number of H-pyrrole nitrogens is 1. The number of aryl methyl sites for hydroxylation is 1. The van der Waals surface area contributed by atoms with E-state index >= 15 is 0 Å². The van der Waals surface area contributed by atoms with Gasteiger partial charge in [0.25, 0.3) is 0 Å². The summed E-state index contributed by atoms with van der Waals surface area (Å²) in [6.07, 6.45) is 3.92. The lowest BCUT2D eigenvalue weighted by molar-refractivity contribution is -0.125. The first kappa shape index (κ1) is 17.6. The maximum Gasteiger partial charge on any atom is 0.224 e. The Kier molecular flexibility index (Phi) is 5.37. The number of rotatable bonds is 6. The second kappa shape index (κ2) is 8.25. The largest absolute Gasteiger partial charge is 0.356 e. The third-order valence-electron chi connectivity index (χ3n) is 5.25. The van der Waals surface area contributed by atoms with E-state index < -0.39 is 0 Å². The Morgan fingerprint density at radius 1 is 1.15 bits per heavy atom. The van der Waals surface area contributed by atoms with Gasteiger partial charge in [-0.25, -0.2) is 4.98 Å². The normalized spacial score (nSPS) is 17.2. The van der Waals surface area contributed by atoms with Crippen molar-refractivity contribution in [3.05, 3.63) is 60.2 Å². The minimum Gasteiger partial charge on any atom is -0.356 e. The summed E-state index contributed by atoms with van der Waals surface area (Å²) in [7, 11) is 0. The number of nitrogens with zero attached hydrogens (tertiary/aromatic N) is 2. The maximum absolute atomic E-state index is 12.6. The first-order valence-electron chi connectivity index (χ1n) is 9.81. The Bertz CT molecular complexity index is 856. The SMILES string of the molecule is O=C(NCCCc1ccccc1)C1CCCN(c2nc3ccccc3[nH]2)C1. The number of hydrogen-bond acceptors (Lipinski definition) is 3. The van der Waals surface area contributed by atoms with Crippen molar-refractivity contribution in [2.45, 2.75) is 25.7 Å². The highest BCUT2D eigenvalue weighted by molar-refractivity contribution is 5.80. The number of aromatic nitrogens is 2. The van der Waals surface area contributed by atoms with E-state index in [1.165, 1.54) is 5.56 Å². The summed E-state index contributed by atoms with van der Waals surface area (Å²) in [5.74, 6) is 1.07. The lowest BCUT2D eigenvalue weighted by Crippen LogP contribution is -2.43. The van der Waals surface area contributed by atoms with Gasteiger partial charge in [-0.05, 0) is 43.4 Å². The molecule has 0 aliphatic carbocycles. The third-order valence-corrected chi connectivity index (χ3v) is 5.25. The van der Waals surface area contributed by atoms with E-state index in [2.05, 4.69) is 44.5 Å². The molecule has 4 rings (SSSR count). The monoisotopic (exact) mass is 362 g/mol. The smallest absolute Gasteiger partial charge is 0.224 e. The molecule has 1 aliphatic heterocycles. The van der Waals surface area contributed by atoms with Gasteiger partial charge in [-0.2, -0.15) is 0 Å². The van der Waals surface area contributed by atoms with Crippen molar-refractivity contribution in [3.8, 4) is 0 Å². The van der Waals surface area contributed by atoms with Crippen molar-refractivity contribution in [2.75, 3.05) is 24.5 Å². The van der Waals surface area contributed by atoms with Crippen molar-refractivity contribution in [3.63, 3.8) is 0 Å². The Morgan fingerprint density at radius 3 is 2.81 bits per heavy atom. The highest BCUT2D eigenvalue weighted by Gasteiger charge is 2.27. The zero-order valence-corrected chi connectivity index (χ0v) is 15.5. The van der Waals surface area contributed by atoms with Gasteiger partial charge >= 0.3 is 0 Å². The number of imidazole rings is 1. The Balaban J connectivity index is 1.29. The summed E-state index contributed by atoms with van der Waals surface area (Å²) in [6, 6.07) is 18.5. The molecular formula is C22H26N4O. The number of anilines is 1. The van der Waals surface area contributed by atoms with Gasteiger partial charge in [-0.1, -0.05) is 42.5 Å². The second-order valence-electron chi connectivity index (χ2n) is 7.24. The molecule has 1 atom stereocenters. The van der Waals surface area contributed by atoms with Crippen LogP contribution in [0.3, 0.4) is 0 Å². The highest BCUT2D eigenvalue weighted by Crippen LogP contribution is 2.23. The third kappa shape index (κ3) is 4.30. The molecule has 2 heterocycles. The maximum atomic E-state index is 12.6. The lowest BCUT2D eigenvalue weighted by Gasteiger charge is -2.31. The molecule has 1 unspecified atom stereocenters. The number of piperidine rings is 1. The fourth-order valence-corrected chi connectivity index (χ4v) is 3.77. The van der Waals surface area contributed by atoms with Crippen LogP contribution in [0, 0.1) is 5.92 Å². The van der Waals surface area contributed by atoms with Crippen LogP contribution in [-0.2, 0) is 11.2 Å². The van der Waals surface area contributed by atoms with Gasteiger partial charge in [-0.3, -0.25) is 4.79 Å². The van der Waals surface area contributed by atoms with E-state index in [0.717, 1.165) is 62.3 Å². The van der Waals surface area contributed by atoms with Crippen molar-refractivity contribution in [1.82, 2.24) is 15.3 Å². The molecule has 1 fully saturated rings. The average Bonchev–Trinajstić information content (AvgIpc) is 3.16. The van der Waals surface area contributed by atoms with Crippen LogP contribution >= 0.6 is 0 Å². The first-order valence-corrected chi connectivity index (χ1v) is 9.81. The van der Waals surface area contributed by atoms with Crippen LogP contribution in [0.1, 0.15) is 24.8 Å². The van der Waals surface area contributed by atoms with Gasteiger partial charge in [0.2, 0.25) is 11.9 Å². The Labute approximate surface area is 159 Å². The second-order valence-corrected chi connectivity index (χ2v) is 7.24. The van der Waals surface area contributed by atoms with Gasteiger partial charge < -0.3 is 15.2 Å². The van der Waals surface area contributed by atoms with E-state index in [1.54, 1.807) is 0 Å². The number of carbonyl (C=O) groups excluding carboxylic acids is 1. The summed E-state index contributed by atoms with van der Waals surface area (Å²) < 4.78 is 0. The van der Waals surface area contributed by atoms with Crippen molar-refractivity contribution in [1.29, 1.82) is 0 Å². The quantitative estimate of drug-likeness (QED) is 0.660. The molecule has 140 valence electrons. The summed E-state index contributed by atoms with van der Waals surface area (Å²) in [5, 5.41) is 3.13. The van der Waals surface area contributed by atoms with E-state index in [-0.39, 0.29) is 11.8 Å². The molecule has 2 aromatic carbocycles. The van der Waals surface area contributed by atoms with Gasteiger partial charge in [0, 0.05) is 19.6 Å². The zero-order valence-electron chi connectivity index (χ0n) is 15.5. The van der Waals surface area contributed by atoms with Crippen LogP contribution in [0.15, 0.2) is 54.6 Å². The van der Waals surface area contributed by atoms with E-state index in [4.69, 9.17) is 0 Å². The Hall–Kier alpha value is -2.82. The standard InChI is InChI=1S/C22H26N4O/c27-21(23-14-6-10-17-8-2-1-3-9-17)18-11-7-15-26(16-18)22-24-19-12-4-5-13-20(19)25-22/h1-5,8-9,12-13,18H,6-7,10-11,14-16H2,(H,23,27)(H,24,25). The molecule has 0 radical (unpaired) electrons. The topological polar surface area (TPSA) is 61.0 Å². The predicted molar refractivity (Wildman–Crippen MR) is 109 cm³/mol. The van der Waals surface area contributed by atoms with Crippen molar-refractivity contribution >= 4 is 22.9 Å². The zero-order chi connectivity index (χ0) is 18.5. The minimum atomic E-state index is 0.0312. The number of fused-ring (bicyclic) bond motifs is 1. The molecule has 1 saturated heterocycles. The highest BCUT2D eigenvalue weighted by atomic mass is 16.1.